The average molecular weight is 446 g/mol. The predicted octanol–water partition coefficient (Wildman–Crippen LogP) is 2.90. The summed E-state index contributed by atoms with van der Waals surface area (Å²) >= 11 is 0. The first kappa shape index (κ1) is 22.2. The van der Waals surface area contributed by atoms with Crippen LogP contribution in [-0.2, 0) is 0 Å². The summed E-state index contributed by atoms with van der Waals surface area (Å²) in [6.07, 6.45) is 5.35. The van der Waals surface area contributed by atoms with Crippen LogP contribution in [0.2, 0.25) is 0 Å². The van der Waals surface area contributed by atoms with Crippen molar-refractivity contribution in [1.82, 2.24) is 15.3 Å². The molecule has 3 aromatic rings. The van der Waals surface area contributed by atoms with Gasteiger partial charge in [-0.3, -0.25) is 10.2 Å². The Balaban J connectivity index is 1.61. The second-order valence-electron chi connectivity index (χ2n) is 7.77. The molecule has 0 spiro atoms. The highest BCUT2D eigenvalue weighted by Gasteiger charge is 2.22. The molecule has 0 unspecified atom stereocenters. The number of nitrogens with two attached hydrogens (primary N) is 1. The molecule has 1 saturated heterocycles. The fourth-order valence-corrected chi connectivity index (χ4v) is 3.85. The van der Waals surface area contributed by atoms with Crippen molar-refractivity contribution in [3.63, 3.8) is 0 Å². The molecular formula is C24H27N7O2. The van der Waals surface area contributed by atoms with Crippen molar-refractivity contribution in [1.29, 1.82) is 5.41 Å². The maximum atomic E-state index is 12.7. The van der Waals surface area contributed by atoms with Gasteiger partial charge in [0.15, 0.2) is 0 Å². The number of carbonyl (C=O) groups is 1. The summed E-state index contributed by atoms with van der Waals surface area (Å²) in [5.74, 6) is 0.780. The average Bonchev–Trinajstić information content (AvgIpc) is 2.84. The number of ether oxygens (including phenoxy) is 1. The number of pyridine rings is 2. The molecule has 3 heterocycles. The molecule has 1 fully saturated rings. The normalized spacial score (nSPS) is 15.5. The van der Waals surface area contributed by atoms with Gasteiger partial charge in [0.25, 0.3) is 5.91 Å². The molecule has 0 bridgehead atoms. The van der Waals surface area contributed by atoms with Gasteiger partial charge in [-0.05, 0) is 55.8 Å². The number of hydrogen-bond donors (Lipinski definition) is 5. The van der Waals surface area contributed by atoms with Gasteiger partial charge in [-0.2, -0.15) is 0 Å². The van der Waals surface area contributed by atoms with Gasteiger partial charge in [-0.25, -0.2) is 9.97 Å². The smallest absolute Gasteiger partial charge is 0.256 e. The summed E-state index contributed by atoms with van der Waals surface area (Å²) in [4.78, 5) is 21.0. The quantitative estimate of drug-likeness (QED) is 0.353. The van der Waals surface area contributed by atoms with Crippen molar-refractivity contribution in [2.24, 2.45) is 0 Å². The third-order valence-corrected chi connectivity index (χ3v) is 5.53. The lowest BCUT2D eigenvalue weighted by Gasteiger charge is -2.26. The Hall–Kier alpha value is -3.98. The van der Waals surface area contributed by atoms with E-state index in [1.807, 2.05) is 6.07 Å². The topological polar surface area (TPSA) is 138 Å². The summed E-state index contributed by atoms with van der Waals surface area (Å²) in [5, 5.41) is 18.5. The van der Waals surface area contributed by atoms with Gasteiger partial charge in [0.1, 0.15) is 17.4 Å². The third-order valence-electron chi connectivity index (χ3n) is 5.53. The predicted molar refractivity (Wildman–Crippen MR) is 129 cm³/mol. The molecule has 6 N–H and O–H groups in total. The van der Waals surface area contributed by atoms with Gasteiger partial charge >= 0.3 is 0 Å². The molecule has 0 aliphatic carbocycles. The highest BCUT2D eigenvalue weighted by Crippen LogP contribution is 2.30. The summed E-state index contributed by atoms with van der Waals surface area (Å²) < 4.78 is 5.53. The van der Waals surface area contributed by atoms with E-state index in [4.69, 9.17) is 15.9 Å². The van der Waals surface area contributed by atoms with E-state index in [-0.39, 0.29) is 23.5 Å². The van der Waals surface area contributed by atoms with Crippen LogP contribution in [0, 0.1) is 5.41 Å². The zero-order chi connectivity index (χ0) is 23.2. The molecule has 170 valence electrons. The Morgan fingerprint density at radius 3 is 2.82 bits per heavy atom. The minimum Gasteiger partial charge on any atom is -0.496 e. The first-order valence-corrected chi connectivity index (χ1v) is 10.8. The SMILES string of the molecule is COc1cc(C(=O)Nc2ccccn2)ccc1C(=N)c1c(N[C@@H]2CCCNC2)ccnc1N. The second-order valence-corrected chi connectivity index (χ2v) is 7.77. The van der Waals surface area contributed by atoms with Crippen LogP contribution in [0.1, 0.15) is 34.3 Å². The van der Waals surface area contributed by atoms with E-state index in [1.165, 1.54) is 7.11 Å². The molecule has 1 aromatic carbocycles. The second kappa shape index (κ2) is 10.1. The molecule has 9 heteroatoms. The minimum atomic E-state index is -0.321. The van der Waals surface area contributed by atoms with Crippen LogP contribution in [0.3, 0.4) is 0 Å². The van der Waals surface area contributed by atoms with Crippen LogP contribution in [0.5, 0.6) is 5.75 Å². The maximum absolute atomic E-state index is 12.7. The van der Waals surface area contributed by atoms with Crippen molar-refractivity contribution in [3.05, 3.63) is 71.5 Å². The third kappa shape index (κ3) is 5.09. The van der Waals surface area contributed by atoms with Crippen LogP contribution in [0.25, 0.3) is 0 Å². The van der Waals surface area contributed by atoms with E-state index in [9.17, 15) is 4.79 Å². The Morgan fingerprint density at radius 2 is 2.09 bits per heavy atom. The van der Waals surface area contributed by atoms with Gasteiger partial charge < -0.3 is 26.4 Å². The molecule has 9 nitrogen and oxygen atoms in total. The molecule has 0 saturated carbocycles. The van der Waals surface area contributed by atoms with Crippen LogP contribution >= 0.6 is 0 Å². The van der Waals surface area contributed by atoms with Crippen LogP contribution in [0.15, 0.2) is 54.9 Å². The van der Waals surface area contributed by atoms with Crippen molar-refractivity contribution >= 4 is 28.9 Å². The van der Waals surface area contributed by atoms with Crippen LogP contribution in [0.4, 0.5) is 17.3 Å². The minimum absolute atomic E-state index is 0.167. The van der Waals surface area contributed by atoms with Crippen molar-refractivity contribution in [2.75, 3.05) is 36.6 Å². The number of aromatic nitrogens is 2. The maximum Gasteiger partial charge on any atom is 0.256 e. The van der Waals surface area contributed by atoms with E-state index in [2.05, 4.69) is 25.9 Å². The summed E-state index contributed by atoms with van der Waals surface area (Å²) in [6, 6.07) is 12.3. The Morgan fingerprint density at radius 1 is 1.21 bits per heavy atom. The van der Waals surface area contributed by atoms with Crippen LogP contribution in [-0.4, -0.2) is 47.8 Å². The van der Waals surface area contributed by atoms with E-state index in [0.29, 0.717) is 28.3 Å². The molecule has 33 heavy (non-hydrogen) atoms. The zero-order valence-corrected chi connectivity index (χ0v) is 18.4. The molecule has 2 aromatic heterocycles. The number of amides is 1. The molecule has 4 rings (SSSR count). The number of benzene rings is 1. The summed E-state index contributed by atoms with van der Waals surface area (Å²) in [5.41, 5.74) is 8.52. The van der Waals surface area contributed by atoms with Gasteiger partial charge in [0, 0.05) is 41.8 Å². The monoisotopic (exact) mass is 445 g/mol. The van der Waals surface area contributed by atoms with Crippen molar-refractivity contribution < 1.29 is 9.53 Å². The molecule has 1 amide bonds. The lowest BCUT2D eigenvalue weighted by molar-refractivity contribution is 0.102. The summed E-state index contributed by atoms with van der Waals surface area (Å²) in [6.45, 7) is 1.86. The number of carbonyl (C=O) groups excluding carboxylic acids is 1. The van der Waals surface area contributed by atoms with Crippen molar-refractivity contribution in [2.45, 2.75) is 18.9 Å². The molecule has 1 atom stereocenters. The lowest BCUT2D eigenvalue weighted by atomic mass is 9.98. The largest absolute Gasteiger partial charge is 0.496 e. The molecule has 1 aliphatic heterocycles. The number of hydrogen-bond acceptors (Lipinski definition) is 8. The number of anilines is 3. The van der Waals surface area contributed by atoms with Gasteiger partial charge in [-0.15, -0.1) is 0 Å². The number of nitrogen functional groups attached to an aromatic ring is 1. The molecular weight excluding hydrogens is 418 g/mol. The number of rotatable bonds is 7. The van der Waals surface area contributed by atoms with Gasteiger partial charge in [-0.1, -0.05) is 6.07 Å². The Labute approximate surface area is 192 Å². The Bertz CT molecular complexity index is 1140. The van der Waals surface area contributed by atoms with Crippen LogP contribution < -0.4 is 26.4 Å². The van der Waals surface area contributed by atoms with E-state index < -0.39 is 0 Å². The highest BCUT2D eigenvalue weighted by atomic mass is 16.5. The fourth-order valence-electron chi connectivity index (χ4n) is 3.85. The van der Waals surface area contributed by atoms with Crippen molar-refractivity contribution in [3.8, 4) is 5.75 Å². The lowest BCUT2D eigenvalue weighted by Crippen LogP contribution is -2.38. The fraction of sp³-hybridized carbons (Fsp3) is 0.250. The number of methoxy groups -OCH3 is 1. The van der Waals surface area contributed by atoms with Gasteiger partial charge in [0.05, 0.1) is 18.4 Å². The molecule has 1 aliphatic rings. The number of piperidine rings is 1. The Kier molecular flexibility index (Phi) is 6.80. The van der Waals surface area contributed by atoms with Gasteiger partial charge in [0.2, 0.25) is 0 Å². The zero-order valence-electron chi connectivity index (χ0n) is 18.4. The van der Waals surface area contributed by atoms with E-state index in [0.717, 1.165) is 31.6 Å². The number of nitrogens with one attached hydrogen (secondary N) is 4. The van der Waals surface area contributed by atoms with E-state index >= 15 is 0 Å². The summed E-state index contributed by atoms with van der Waals surface area (Å²) in [7, 11) is 1.51. The molecule has 0 radical (unpaired) electrons. The standard InChI is InChI=1S/C24H27N7O2/c1-33-19-13-15(24(32)31-20-6-2-3-11-28-20)7-8-17(19)22(25)21-18(9-12-29-23(21)26)30-16-5-4-10-27-14-16/h2-3,6-9,11-13,16,25,27H,4-5,10,14H2,1H3,(H3,26,29,30)(H,28,31,32)/t16-/m1/s1. The first-order chi connectivity index (χ1) is 16.1. The number of nitrogens with zero attached hydrogens (tertiary/aromatic N) is 2. The van der Waals surface area contributed by atoms with E-state index in [1.54, 1.807) is 48.8 Å². The first-order valence-electron chi connectivity index (χ1n) is 10.8. The highest BCUT2D eigenvalue weighted by molar-refractivity contribution is 6.18.